The number of amides is 1. The van der Waals surface area contributed by atoms with Crippen LogP contribution in [0.1, 0.15) is 38.7 Å². The van der Waals surface area contributed by atoms with Crippen molar-refractivity contribution in [2.45, 2.75) is 51.4 Å². The summed E-state index contributed by atoms with van der Waals surface area (Å²) in [5, 5.41) is 10.6. The van der Waals surface area contributed by atoms with Crippen molar-refractivity contribution in [3.8, 4) is 5.75 Å². The van der Waals surface area contributed by atoms with E-state index in [2.05, 4.69) is 0 Å². The number of benzene rings is 1. The van der Waals surface area contributed by atoms with Gasteiger partial charge in [0.1, 0.15) is 11.8 Å². The largest absolute Gasteiger partial charge is 0.481 e. The van der Waals surface area contributed by atoms with E-state index < -0.39 is 36.6 Å². The zero-order valence-corrected chi connectivity index (χ0v) is 13.6. The van der Waals surface area contributed by atoms with Crippen LogP contribution in [0.4, 0.5) is 13.2 Å². The highest BCUT2D eigenvalue weighted by molar-refractivity contribution is 5.86. The first-order chi connectivity index (χ1) is 11.0. The number of halogens is 3. The number of hydrogen-bond donors (Lipinski definition) is 2. The summed E-state index contributed by atoms with van der Waals surface area (Å²) >= 11 is 0. The monoisotopic (exact) mass is 347 g/mol. The molecular weight excluding hydrogens is 327 g/mol. The average molecular weight is 347 g/mol. The zero-order chi connectivity index (χ0) is 18.5. The summed E-state index contributed by atoms with van der Waals surface area (Å²) in [6, 6.07) is 4.90. The van der Waals surface area contributed by atoms with Crippen molar-refractivity contribution in [1.29, 1.82) is 0 Å². The van der Waals surface area contributed by atoms with E-state index in [-0.39, 0.29) is 5.92 Å². The zero-order valence-electron chi connectivity index (χ0n) is 13.6. The van der Waals surface area contributed by atoms with Crippen LogP contribution in [0.3, 0.4) is 0 Å². The molecule has 5 nitrogen and oxygen atoms in total. The molecular formula is C16H20F3NO4. The van der Waals surface area contributed by atoms with Gasteiger partial charge in [-0.3, -0.25) is 4.79 Å². The van der Waals surface area contributed by atoms with Crippen molar-refractivity contribution in [1.82, 2.24) is 5.32 Å². The van der Waals surface area contributed by atoms with Gasteiger partial charge in [0.2, 0.25) is 0 Å². The van der Waals surface area contributed by atoms with Crippen LogP contribution in [-0.4, -0.2) is 35.3 Å². The van der Waals surface area contributed by atoms with E-state index in [4.69, 9.17) is 9.84 Å². The summed E-state index contributed by atoms with van der Waals surface area (Å²) in [7, 11) is 0. The molecule has 0 aliphatic rings. The average Bonchev–Trinajstić information content (AvgIpc) is 2.45. The first kappa shape index (κ1) is 19.8. The molecule has 2 atom stereocenters. The predicted molar refractivity (Wildman–Crippen MR) is 80.9 cm³/mol. The van der Waals surface area contributed by atoms with E-state index in [0.29, 0.717) is 5.75 Å². The number of carbonyl (C=O) groups excluding carboxylic acids is 1. The number of ether oxygens (including phenoxy) is 1. The Morgan fingerprint density at radius 1 is 1.25 bits per heavy atom. The maximum atomic E-state index is 12.3. The van der Waals surface area contributed by atoms with Gasteiger partial charge in [-0.1, -0.05) is 26.0 Å². The SMILES string of the molecule is CC(Oc1cccc(C(C)C)c1)C(=O)NC(CC(F)(F)F)C(=O)O. The van der Waals surface area contributed by atoms with Crippen LogP contribution in [0.15, 0.2) is 24.3 Å². The van der Waals surface area contributed by atoms with Crippen LogP contribution >= 0.6 is 0 Å². The highest BCUT2D eigenvalue weighted by atomic mass is 19.4. The Morgan fingerprint density at radius 2 is 1.88 bits per heavy atom. The van der Waals surface area contributed by atoms with Crippen LogP contribution in [-0.2, 0) is 9.59 Å². The summed E-state index contributed by atoms with van der Waals surface area (Å²) in [6.07, 6.45) is -7.49. The van der Waals surface area contributed by atoms with Gasteiger partial charge in [-0.05, 0) is 30.5 Å². The molecule has 1 rings (SSSR count). The first-order valence-corrected chi connectivity index (χ1v) is 7.36. The fourth-order valence-electron chi connectivity index (χ4n) is 1.93. The van der Waals surface area contributed by atoms with Crippen molar-refractivity contribution in [2.24, 2.45) is 0 Å². The summed E-state index contributed by atoms with van der Waals surface area (Å²) in [4.78, 5) is 22.8. The molecule has 0 radical (unpaired) electrons. The fraction of sp³-hybridized carbons (Fsp3) is 0.500. The molecule has 1 aromatic rings. The lowest BCUT2D eigenvalue weighted by atomic mass is 10.0. The topological polar surface area (TPSA) is 75.6 Å². The minimum Gasteiger partial charge on any atom is -0.481 e. The number of carboxylic acid groups (broad SMARTS) is 1. The second-order valence-corrected chi connectivity index (χ2v) is 5.71. The molecule has 2 N–H and O–H groups in total. The lowest BCUT2D eigenvalue weighted by Crippen LogP contribution is -2.48. The fourth-order valence-corrected chi connectivity index (χ4v) is 1.93. The second-order valence-electron chi connectivity index (χ2n) is 5.71. The molecule has 0 saturated carbocycles. The van der Waals surface area contributed by atoms with Gasteiger partial charge in [0.15, 0.2) is 6.10 Å². The van der Waals surface area contributed by atoms with Crippen LogP contribution in [0, 0.1) is 0 Å². The van der Waals surface area contributed by atoms with Gasteiger partial charge in [0.25, 0.3) is 5.91 Å². The Morgan fingerprint density at radius 3 is 2.38 bits per heavy atom. The quantitative estimate of drug-likeness (QED) is 0.795. The molecule has 0 saturated heterocycles. The Bertz CT molecular complexity index is 587. The van der Waals surface area contributed by atoms with Crippen molar-refractivity contribution in [2.75, 3.05) is 0 Å². The van der Waals surface area contributed by atoms with Crippen molar-refractivity contribution in [3.63, 3.8) is 0 Å². The molecule has 8 heteroatoms. The first-order valence-electron chi connectivity index (χ1n) is 7.36. The Labute approximate surface area is 137 Å². The summed E-state index contributed by atoms with van der Waals surface area (Å²) in [5.41, 5.74) is 0.973. The maximum Gasteiger partial charge on any atom is 0.391 e. The number of rotatable bonds is 7. The third-order valence-corrected chi connectivity index (χ3v) is 3.26. The van der Waals surface area contributed by atoms with Gasteiger partial charge in [-0.15, -0.1) is 0 Å². The molecule has 24 heavy (non-hydrogen) atoms. The van der Waals surface area contributed by atoms with E-state index in [9.17, 15) is 22.8 Å². The minimum absolute atomic E-state index is 0.237. The molecule has 0 aliphatic carbocycles. The molecule has 2 unspecified atom stereocenters. The molecule has 134 valence electrons. The molecule has 0 spiro atoms. The Balaban J connectivity index is 2.73. The third kappa shape index (κ3) is 6.47. The van der Waals surface area contributed by atoms with Gasteiger partial charge in [0.05, 0.1) is 6.42 Å². The van der Waals surface area contributed by atoms with Gasteiger partial charge < -0.3 is 15.2 Å². The normalized spacial score (nSPS) is 14.1. The number of aliphatic carboxylic acids is 1. The van der Waals surface area contributed by atoms with Crippen molar-refractivity contribution < 1.29 is 32.6 Å². The lowest BCUT2D eigenvalue weighted by Gasteiger charge is -2.20. The second kappa shape index (κ2) is 8.03. The van der Waals surface area contributed by atoms with Crippen LogP contribution < -0.4 is 10.1 Å². The highest BCUT2D eigenvalue weighted by Gasteiger charge is 2.37. The smallest absolute Gasteiger partial charge is 0.391 e. The molecule has 0 aromatic heterocycles. The molecule has 1 aromatic carbocycles. The number of hydrogen-bond acceptors (Lipinski definition) is 3. The van der Waals surface area contributed by atoms with E-state index in [1.807, 2.05) is 25.2 Å². The van der Waals surface area contributed by atoms with Crippen molar-refractivity contribution in [3.05, 3.63) is 29.8 Å². The molecule has 0 bridgehead atoms. The van der Waals surface area contributed by atoms with E-state index in [1.165, 1.54) is 6.92 Å². The van der Waals surface area contributed by atoms with E-state index >= 15 is 0 Å². The minimum atomic E-state index is -4.70. The third-order valence-electron chi connectivity index (χ3n) is 3.26. The van der Waals surface area contributed by atoms with Gasteiger partial charge >= 0.3 is 12.1 Å². The number of nitrogens with one attached hydrogen (secondary N) is 1. The maximum absolute atomic E-state index is 12.3. The van der Waals surface area contributed by atoms with Gasteiger partial charge in [-0.2, -0.15) is 13.2 Å². The summed E-state index contributed by atoms with van der Waals surface area (Å²) in [6.45, 7) is 5.29. The number of carbonyl (C=O) groups is 2. The summed E-state index contributed by atoms with van der Waals surface area (Å²) < 4.78 is 42.4. The highest BCUT2D eigenvalue weighted by Crippen LogP contribution is 2.23. The molecule has 1 amide bonds. The van der Waals surface area contributed by atoms with Gasteiger partial charge in [-0.25, -0.2) is 4.79 Å². The Hall–Kier alpha value is -2.25. The van der Waals surface area contributed by atoms with E-state index in [1.54, 1.807) is 18.2 Å². The van der Waals surface area contributed by atoms with Crippen molar-refractivity contribution >= 4 is 11.9 Å². The standard InChI is InChI=1S/C16H20F3NO4/c1-9(2)11-5-4-6-12(7-11)24-10(3)14(21)20-13(15(22)23)8-16(17,18)19/h4-7,9-10,13H,8H2,1-3H3,(H,20,21)(H,22,23). The Kier molecular flexibility index (Phi) is 6.62. The molecule has 0 aliphatic heterocycles. The number of carboxylic acids is 1. The number of alkyl halides is 3. The molecule has 0 fully saturated rings. The summed E-state index contributed by atoms with van der Waals surface area (Å²) in [5.74, 6) is -2.07. The van der Waals surface area contributed by atoms with Crippen LogP contribution in [0.5, 0.6) is 5.75 Å². The van der Waals surface area contributed by atoms with Crippen LogP contribution in [0.25, 0.3) is 0 Å². The van der Waals surface area contributed by atoms with Gasteiger partial charge in [0, 0.05) is 0 Å². The van der Waals surface area contributed by atoms with E-state index in [0.717, 1.165) is 5.56 Å². The van der Waals surface area contributed by atoms with Crippen LogP contribution in [0.2, 0.25) is 0 Å². The predicted octanol–water partition coefficient (Wildman–Crippen LogP) is 3.10. The molecule has 0 heterocycles. The lowest BCUT2D eigenvalue weighted by molar-refractivity contribution is -0.160.